The molecule has 0 amide bonds. The van der Waals surface area contributed by atoms with Gasteiger partial charge in [0.05, 0.1) is 12.9 Å². The molecule has 0 aliphatic carbocycles. The molecule has 0 spiro atoms. The van der Waals surface area contributed by atoms with E-state index >= 15 is 0 Å². The summed E-state index contributed by atoms with van der Waals surface area (Å²) in [5, 5.41) is 1.28. The van der Waals surface area contributed by atoms with E-state index in [2.05, 4.69) is 4.99 Å². The van der Waals surface area contributed by atoms with Gasteiger partial charge in [0.15, 0.2) is 5.76 Å². The Balaban J connectivity index is 2.03. The maximum atomic E-state index is 11.2. The van der Waals surface area contributed by atoms with Crippen LogP contribution in [-0.4, -0.2) is 20.9 Å². The van der Waals surface area contributed by atoms with E-state index in [1.807, 2.05) is 18.4 Å². The highest BCUT2D eigenvalue weighted by Gasteiger charge is 2.15. The molecule has 0 saturated carbocycles. The molecular weight excluding hydrogens is 326 g/mol. The molecule has 1 aromatic heterocycles. The maximum Gasteiger partial charge on any atom is 0.264 e. The molecule has 0 fully saturated rings. The Morgan fingerprint density at radius 2 is 2.14 bits per heavy atom. The molecule has 5 nitrogen and oxygen atoms in total. The first-order valence-electron chi connectivity index (χ1n) is 6.72. The van der Waals surface area contributed by atoms with Gasteiger partial charge in [-0.2, -0.15) is 8.42 Å². The molecule has 0 atom stereocenters. The van der Waals surface area contributed by atoms with Crippen molar-refractivity contribution in [3.8, 4) is 0 Å². The lowest BCUT2D eigenvalue weighted by molar-refractivity contribution is 0.311. The molecule has 3 rings (SSSR count). The van der Waals surface area contributed by atoms with Gasteiger partial charge in [-0.1, -0.05) is 17.7 Å². The SMILES string of the molecule is CS(=O)(=O)OCc1cc(Cl)cc2cc(C3=CCCC=N3)oc12. The molecule has 0 unspecified atom stereocenters. The van der Waals surface area contributed by atoms with Crippen LogP contribution in [0, 0.1) is 0 Å². The van der Waals surface area contributed by atoms with Crippen LogP contribution in [-0.2, 0) is 20.9 Å². The molecule has 0 radical (unpaired) electrons. The lowest BCUT2D eigenvalue weighted by Crippen LogP contribution is -2.02. The van der Waals surface area contributed by atoms with Gasteiger partial charge in [-0.25, -0.2) is 0 Å². The zero-order valence-electron chi connectivity index (χ0n) is 11.9. The number of furan rings is 1. The molecular formula is C15H14ClNO4S. The quantitative estimate of drug-likeness (QED) is 0.795. The van der Waals surface area contributed by atoms with Crippen molar-refractivity contribution in [2.24, 2.45) is 4.99 Å². The monoisotopic (exact) mass is 339 g/mol. The molecule has 0 saturated heterocycles. The summed E-state index contributed by atoms with van der Waals surface area (Å²) in [4.78, 5) is 4.31. The van der Waals surface area contributed by atoms with Crippen molar-refractivity contribution in [1.82, 2.24) is 0 Å². The molecule has 0 N–H and O–H groups in total. The summed E-state index contributed by atoms with van der Waals surface area (Å²) in [5.74, 6) is 0.633. The molecule has 1 aromatic carbocycles. The van der Waals surface area contributed by atoms with Gasteiger partial charge in [-0.05, 0) is 31.0 Å². The van der Waals surface area contributed by atoms with Crippen molar-refractivity contribution < 1.29 is 17.0 Å². The highest BCUT2D eigenvalue weighted by atomic mass is 35.5. The van der Waals surface area contributed by atoms with E-state index < -0.39 is 10.1 Å². The molecule has 116 valence electrons. The van der Waals surface area contributed by atoms with Crippen molar-refractivity contribution in [1.29, 1.82) is 0 Å². The Morgan fingerprint density at radius 1 is 1.32 bits per heavy atom. The van der Waals surface area contributed by atoms with E-state index in [9.17, 15) is 8.42 Å². The zero-order valence-corrected chi connectivity index (χ0v) is 13.4. The predicted molar refractivity (Wildman–Crippen MR) is 86.6 cm³/mol. The van der Waals surface area contributed by atoms with Crippen LogP contribution in [0.1, 0.15) is 24.2 Å². The van der Waals surface area contributed by atoms with Crippen LogP contribution in [0.2, 0.25) is 5.02 Å². The number of nitrogens with zero attached hydrogens (tertiary/aromatic N) is 1. The van der Waals surface area contributed by atoms with Gasteiger partial charge in [0, 0.05) is 22.2 Å². The minimum absolute atomic E-state index is 0.120. The van der Waals surface area contributed by atoms with Gasteiger partial charge in [0.2, 0.25) is 0 Å². The van der Waals surface area contributed by atoms with E-state index in [1.54, 1.807) is 12.1 Å². The zero-order chi connectivity index (χ0) is 15.7. The summed E-state index contributed by atoms with van der Waals surface area (Å²) in [6.45, 7) is -0.120. The van der Waals surface area contributed by atoms with Gasteiger partial charge >= 0.3 is 0 Å². The Kier molecular flexibility index (Phi) is 4.08. The summed E-state index contributed by atoms with van der Waals surface area (Å²) >= 11 is 6.08. The second kappa shape index (κ2) is 5.87. The van der Waals surface area contributed by atoms with Crippen molar-refractivity contribution in [2.75, 3.05) is 6.26 Å². The molecule has 1 aliphatic heterocycles. The summed E-state index contributed by atoms with van der Waals surface area (Å²) in [5.41, 5.74) is 1.91. The molecule has 2 heterocycles. The lowest BCUT2D eigenvalue weighted by Gasteiger charge is -2.04. The fourth-order valence-electron chi connectivity index (χ4n) is 2.26. The maximum absolute atomic E-state index is 11.2. The third-order valence-corrected chi connectivity index (χ3v) is 3.97. The number of benzene rings is 1. The summed E-state index contributed by atoms with van der Waals surface area (Å²) in [6, 6.07) is 5.25. The van der Waals surface area contributed by atoms with E-state index in [4.69, 9.17) is 20.2 Å². The van der Waals surface area contributed by atoms with Crippen LogP contribution >= 0.6 is 11.6 Å². The molecule has 2 aromatic rings. The fourth-order valence-corrected chi connectivity index (χ4v) is 2.85. The van der Waals surface area contributed by atoms with E-state index in [-0.39, 0.29) is 6.61 Å². The van der Waals surface area contributed by atoms with Crippen molar-refractivity contribution in [3.05, 3.63) is 40.6 Å². The van der Waals surface area contributed by atoms with E-state index in [0.717, 1.165) is 30.2 Å². The van der Waals surface area contributed by atoms with E-state index in [1.165, 1.54) is 0 Å². The third-order valence-electron chi connectivity index (χ3n) is 3.20. The topological polar surface area (TPSA) is 68.9 Å². The van der Waals surface area contributed by atoms with Crippen molar-refractivity contribution in [2.45, 2.75) is 19.4 Å². The second-order valence-corrected chi connectivity index (χ2v) is 7.12. The van der Waals surface area contributed by atoms with Gasteiger partial charge in [-0.3, -0.25) is 9.18 Å². The largest absolute Gasteiger partial charge is 0.454 e. The van der Waals surface area contributed by atoms with Crippen molar-refractivity contribution >= 4 is 44.6 Å². The minimum atomic E-state index is -3.54. The van der Waals surface area contributed by atoms with Crippen LogP contribution in [0.4, 0.5) is 0 Å². The number of rotatable bonds is 4. The second-order valence-electron chi connectivity index (χ2n) is 5.04. The number of allylic oxidation sites excluding steroid dienone is 1. The normalized spacial score (nSPS) is 15.3. The fraction of sp³-hybridized carbons (Fsp3) is 0.267. The van der Waals surface area contributed by atoms with Gasteiger partial charge in [-0.15, -0.1) is 0 Å². The Bertz CT molecular complexity index is 880. The van der Waals surface area contributed by atoms with Crippen LogP contribution in [0.25, 0.3) is 16.7 Å². The number of hydrogen-bond donors (Lipinski definition) is 0. The lowest BCUT2D eigenvalue weighted by atomic mass is 10.1. The first-order valence-corrected chi connectivity index (χ1v) is 8.91. The van der Waals surface area contributed by atoms with Crippen molar-refractivity contribution in [3.63, 3.8) is 0 Å². The minimum Gasteiger partial charge on any atom is -0.454 e. The number of aliphatic imine (C=N–C) groups is 1. The first-order chi connectivity index (χ1) is 10.4. The number of halogens is 1. The van der Waals surface area contributed by atoms with Gasteiger partial charge < -0.3 is 4.42 Å². The van der Waals surface area contributed by atoms with Crippen LogP contribution in [0.3, 0.4) is 0 Å². The van der Waals surface area contributed by atoms with Crippen LogP contribution in [0.15, 0.2) is 33.7 Å². The average Bonchev–Trinajstić information content (AvgIpc) is 2.88. The number of hydrogen-bond acceptors (Lipinski definition) is 5. The number of fused-ring (bicyclic) bond motifs is 1. The first kappa shape index (κ1) is 15.3. The van der Waals surface area contributed by atoms with E-state index in [0.29, 0.717) is 21.9 Å². The molecule has 7 heteroatoms. The standard InChI is InChI=1S/C15H14ClNO4S/c1-22(18,19)20-9-11-7-12(16)6-10-8-14(21-15(10)11)13-4-2-3-5-17-13/h4-8H,2-3,9H2,1H3. The Morgan fingerprint density at radius 3 is 2.82 bits per heavy atom. The molecule has 1 aliphatic rings. The predicted octanol–water partition coefficient (Wildman–Crippen LogP) is 3.77. The smallest absolute Gasteiger partial charge is 0.264 e. The average molecular weight is 340 g/mol. The molecule has 22 heavy (non-hydrogen) atoms. The van der Waals surface area contributed by atoms with Gasteiger partial charge in [0.25, 0.3) is 10.1 Å². The highest BCUT2D eigenvalue weighted by molar-refractivity contribution is 7.85. The Labute approximate surface area is 133 Å². The van der Waals surface area contributed by atoms with Crippen LogP contribution < -0.4 is 0 Å². The molecule has 0 bridgehead atoms. The summed E-state index contributed by atoms with van der Waals surface area (Å²) < 4.78 is 33.0. The Hall–Kier alpha value is -1.63. The summed E-state index contributed by atoms with van der Waals surface area (Å²) in [6.07, 6.45) is 6.70. The van der Waals surface area contributed by atoms with Gasteiger partial charge in [0.1, 0.15) is 11.3 Å². The summed E-state index contributed by atoms with van der Waals surface area (Å²) in [7, 11) is -3.54. The van der Waals surface area contributed by atoms with Crippen LogP contribution in [0.5, 0.6) is 0 Å². The third kappa shape index (κ3) is 3.40. The highest BCUT2D eigenvalue weighted by Crippen LogP contribution is 2.32.